The maximum absolute atomic E-state index is 13.3. The number of hydrogen-bond donors (Lipinski definition) is 2. The molecule has 0 saturated carbocycles. The second kappa shape index (κ2) is 13.1. The third-order valence-electron chi connectivity index (χ3n) is 5.73. The van der Waals surface area contributed by atoms with Crippen LogP contribution in [0, 0.1) is 5.82 Å². The van der Waals surface area contributed by atoms with Gasteiger partial charge >= 0.3 is 12.0 Å². The number of rotatable bonds is 10. The van der Waals surface area contributed by atoms with E-state index in [1.165, 1.54) is 36.9 Å². The van der Waals surface area contributed by atoms with Gasteiger partial charge in [-0.15, -0.1) is 0 Å². The number of aryl methyl sites for hydroxylation is 1. The standard InChI is InChI=1S/C31H29FN2O5/c1-3-4-5-21-6-12-24(13-7-21)33-31(36)34-25-18-28(38-26-14-8-22(9-15-26)30(35)37-2)20-29(19-25)39-27-16-10-23(32)11-17-27/h6-20H,3-5H2,1-2H3,(H2,33,34,36). The van der Waals surface area contributed by atoms with Crippen LogP contribution in [0.4, 0.5) is 20.6 Å². The molecule has 0 radical (unpaired) electrons. The van der Waals surface area contributed by atoms with Crippen LogP contribution in [0.1, 0.15) is 35.7 Å². The number of nitrogens with one attached hydrogen (secondary N) is 2. The maximum Gasteiger partial charge on any atom is 0.337 e. The number of benzene rings is 4. The van der Waals surface area contributed by atoms with Gasteiger partial charge in [0.25, 0.3) is 0 Å². The van der Waals surface area contributed by atoms with Crippen LogP contribution in [0.2, 0.25) is 0 Å². The van der Waals surface area contributed by atoms with Crippen molar-refractivity contribution in [3.05, 3.63) is 108 Å². The van der Waals surface area contributed by atoms with E-state index in [4.69, 9.17) is 14.2 Å². The highest BCUT2D eigenvalue weighted by molar-refractivity contribution is 6.00. The molecule has 0 aliphatic carbocycles. The third-order valence-corrected chi connectivity index (χ3v) is 5.73. The van der Waals surface area contributed by atoms with Gasteiger partial charge in [-0.1, -0.05) is 25.5 Å². The predicted octanol–water partition coefficient (Wildman–Crippen LogP) is 8.18. The largest absolute Gasteiger partial charge is 0.465 e. The number of esters is 1. The number of carbonyl (C=O) groups is 2. The Hall–Kier alpha value is -4.85. The van der Waals surface area contributed by atoms with Crippen LogP contribution in [0.3, 0.4) is 0 Å². The normalized spacial score (nSPS) is 10.4. The minimum Gasteiger partial charge on any atom is -0.465 e. The Kier molecular flexibility index (Phi) is 9.13. The van der Waals surface area contributed by atoms with Gasteiger partial charge in [0, 0.05) is 29.6 Å². The van der Waals surface area contributed by atoms with E-state index >= 15 is 0 Å². The molecule has 0 heterocycles. The minimum atomic E-state index is -0.454. The van der Waals surface area contributed by atoms with Gasteiger partial charge in [-0.3, -0.25) is 0 Å². The minimum absolute atomic E-state index is 0.362. The summed E-state index contributed by atoms with van der Waals surface area (Å²) in [7, 11) is 1.31. The van der Waals surface area contributed by atoms with Crippen molar-refractivity contribution in [3.8, 4) is 23.0 Å². The van der Waals surface area contributed by atoms with E-state index in [2.05, 4.69) is 17.6 Å². The van der Waals surface area contributed by atoms with E-state index in [0.717, 1.165) is 19.3 Å². The Bertz CT molecular complexity index is 1400. The lowest BCUT2D eigenvalue weighted by Crippen LogP contribution is -2.19. The molecule has 4 aromatic carbocycles. The molecular weight excluding hydrogens is 499 g/mol. The molecule has 2 N–H and O–H groups in total. The van der Waals surface area contributed by atoms with E-state index in [9.17, 15) is 14.0 Å². The molecule has 39 heavy (non-hydrogen) atoms. The molecule has 0 aromatic heterocycles. The topological polar surface area (TPSA) is 85.9 Å². The number of halogens is 1. The molecule has 0 saturated heterocycles. The predicted molar refractivity (Wildman–Crippen MR) is 148 cm³/mol. The highest BCUT2D eigenvalue weighted by Crippen LogP contribution is 2.33. The zero-order valence-electron chi connectivity index (χ0n) is 21.7. The molecule has 0 atom stereocenters. The molecule has 8 heteroatoms. The Labute approximate surface area is 226 Å². The molecule has 0 aliphatic heterocycles. The van der Waals surface area contributed by atoms with E-state index in [1.54, 1.807) is 42.5 Å². The summed E-state index contributed by atoms with van der Waals surface area (Å²) in [5.41, 5.74) is 2.67. The number of amides is 2. The average molecular weight is 529 g/mol. The van der Waals surface area contributed by atoms with E-state index in [-0.39, 0.29) is 5.82 Å². The first-order chi connectivity index (χ1) is 18.9. The molecule has 4 aromatic rings. The van der Waals surface area contributed by atoms with Crippen LogP contribution in [0.5, 0.6) is 23.0 Å². The highest BCUT2D eigenvalue weighted by atomic mass is 19.1. The van der Waals surface area contributed by atoms with Crippen molar-refractivity contribution in [1.82, 2.24) is 0 Å². The number of methoxy groups -OCH3 is 1. The highest BCUT2D eigenvalue weighted by Gasteiger charge is 2.11. The summed E-state index contributed by atoms with van der Waals surface area (Å²) in [6.45, 7) is 2.15. The van der Waals surface area contributed by atoms with Crippen molar-refractivity contribution in [3.63, 3.8) is 0 Å². The zero-order valence-corrected chi connectivity index (χ0v) is 21.7. The van der Waals surface area contributed by atoms with Gasteiger partial charge in [0.05, 0.1) is 12.7 Å². The molecule has 200 valence electrons. The van der Waals surface area contributed by atoms with Gasteiger partial charge in [0.2, 0.25) is 0 Å². The van der Waals surface area contributed by atoms with Gasteiger partial charge in [-0.05, 0) is 79.1 Å². The van der Waals surface area contributed by atoms with Gasteiger partial charge in [0.1, 0.15) is 28.8 Å². The van der Waals surface area contributed by atoms with Gasteiger partial charge in [0.15, 0.2) is 0 Å². The van der Waals surface area contributed by atoms with Crippen LogP contribution in [-0.2, 0) is 11.2 Å². The van der Waals surface area contributed by atoms with Crippen molar-refractivity contribution in [1.29, 1.82) is 0 Å². The van der Waals surface area contributed by atoms with Crippen LogP contribution >= 0.6 is 0 Å². The first-order valence-corrected chi connectivity index (χ1v) is 12.5. The molecule has 7 nitrogen and oxygen atoms in total. The fourth-order valence-electron chi connectivity index (χ4n) is 3.74. The monoisotopic (exact) mass is 528 g/mol. The van der Waals surface area contributed by atoms with Crippen LogP contribution in [0.25, 0.3) is 0 Å². The fourth-order valence-corrected chi connectivity index (χ4v) is 3.74. The summed E-state index contributed by atoms with van der Waals surface area (Å²) in [6.07, 6.45) is 3.23. The number of anilines is 2. The summed E-state index contributed by atoms with van der Waals surface area (Å²) in [5, 5.41) is 5.62. The fraction of sp³-hybridized carbons (Fsp3) is 0.161. The summed E-state index contributed by atoms with van der Waals surface area (Å²) < 4.78 is 29.9. The molecule has 0 bridgehead atoms. The first kappa shape index (κ1) is 27.2. The Morgan fingerprint density at radius 3 is 1.85 bits per heavy atom. The maximum atomic E-state index is 13.3. The third kappa shape index (κ3) is 8.07. The Morgan fingerprint density at radius 1 is 0.718 bits per heavy atom. The quantitative estimate of drug-likeness (QED) is 0.203. The SMILES string of the molecule is CCCCc1ccc(NC(=O)Nc2cc(Oc3ccc(F)cc3)cc(Oc3ccc(C(=O)OC)cc3)c2)cc1. The second-order valence-electron chi connectivity index (χ2n) is 8.75. The molecular formula is C31H29FN2O5. The molecule has 0 unspecified atom stereocenters. The van der Waals surface area contributed by atoms with Crippen LogP contribution < -0.4 is 20.1 Å². The average Bonchev–Trinajstić information content (AvgIpc) is 2.94. The lowest BCUT2D eigenvalue weighted by Gasteiger charge is -2.14. The van der Waals surface area contributed by atoms with E-state index < -0.39 is 12.0 Å². The smallest absolute Gasteiger partial charge is 0.337 e. The summed E-state index contributed by atoms with van der Waals surface area (Å²) in [5.74, 6) is 0.767. The van der Waals surface area contributed by atoms with E-state index in [1.807, 2.05) is 24.3 Å². The molecule has 0 aliphatic rings. The lowest BCUT2D eigenvalue weighted by molar-refractivity contribution is 0.0600. The molecule has 0 fully saturated rings. The van der Waals surface area contributed by atoms with Crippen molar-refractivity contribution in [2.45, 2.75) is 26.2 Å². The van der Waals surface area contributed by atoms with Crippen molar-refractivity contribution < 1.29 is 28.2 Å². The summed E-state index contributed by atoms with van der Waals surface area (Å²) >= 11 is 0. The van der Waals surface area contributed by atoms with Gasteiger partial charge in [-0.2, -0.15) is 0 Å². The summed E-state index contributed by atoms with van der Waals surface area (Å²) in [4.78, 5) is 24.5. The first-order valence-electron chi connectivity index (χ1n) is 12.5. The lowest BCUT2D eigenvalue weighted by atomic mass is 10.1. The van der Waals surface area contributed by atoms with Crippen LogP contribution in [-0.4, -0.2) is 19.1 Å². The molecule has 2 amide bonds. The molecule has 4 rings (SSSR count). The number of hydrogen-bond acceptors (Lipinski definition) is 5. The van der Waals surface area contributed by atoms with Crippen LogP contribution in [0.15, 0.2) is 91.0 Å². The van der Waals surface area contributed by atoms with Gasteiger partial charge < -0.3 is 24.8 Å². The number of unbranched alkanes of at least 4 members (excludes halogenated alkanes) is 1. The summed E-state index contributed by atoms with van der Waals surface area (Å²) in [6, 6.07) is 24.2. The number of urea groups is 1. The van der Waals surface area contributed by atoms with Crippen molar-refractivity contribution in [2.75, 3.05) is 17.7 Å². The van der Waals surface area contributed by atoms with Crippen molar-refractivity contribution in [2.24, 2.45) is 0 Å². The number of carbonyl (C=O) groups excluding carboxylic acids is 2. The molecule has 0 spiro atoms. The second-order valence-corrected chi connectivity index (χ2v) is 8.75. The Balaban J connectivity index is 1.51. The van der Waals surface area contributed by atoms with E-state index in [0.29, 0.717) is 39.9 Å². The van der Waals surface area contributed by atoms with Gasteiger partial charge in [-0.25, -0.2) is 14.0 Å². The van der Waals surface area contributed by atoms with Crippen molar-refractivity contribution >= 4 is 23.4 Å². The Morgan fingerprint density at radius 2 is 1.28 bits per heavy atom. The zero-order chi connectivity index (χ0) is 27.6. The number of ether oxygens (including phenoxy) is 3.